The number of nitrogens with zero attached hydrogens (tertiary/aromatic N) is 1. The molecule has 0 amide bonds. The number of halogens is 1. The van der Waals surface area contributed by atoms with Crippen LogP contribution in [0.2, 0.25) is 0 Å². The number of nitrogens with one attached hydrogen (secondary N) is 1. The van der Waals surface area contributed by atoms with E-state index in [4.69, 9.17) is 0 Å². The highest BCUT2D eigenvalue weighted by Crippen LogP contribution is 2.33. The van der Waals surface area contributed by atoms with E-state index in [1.807, 2.05) is 0 Å². The summed E-state index contributed by atoms with van der Waals surface area (Å²) in [6.07, 6.45) is 3.80. The van der Waals surface area contributed by atoms with Crippen LogP contribution in [0.5, 0.6) is 0 Å². The molecule has 0 spiro atoms. The van der Waals surface area contributed by atoms with Crippen LogP contribution in [0.25, 0.3) is 0 Å². The van der Waals surface area contributed by atoms with Crippen LogP contribution in [0.3, 0.4) is 0 Å². The number of hydrogen-bond acceptors (Lipinski definition) is 3. The van der Waals surface area contributed by atoms with Crippen LogP contribution in [0.1, 0.15) is 31.2 Å². The minimum Gasteiger partial charge on any atom is -0.313 e. The molecular weight excluding hydrogens is 291 g/mol. The van der Waals surface area contributed by atoms with Gasteiger partial charge in [-0.1, -0.05) is 6.07 Å². The molecule has 3 rings (SSSR count). The topological polar surface area (TPSA) is 49.4 Å². The van der Waals surface area contributed by atoms with E-state index >= 15 is 0 Å². The van der Waals surface area contributed by atoms with Crippen molar-refractivity contribution >= 4 is 10.0 Å². The number of rotatable bonds is 5. The highest BCUT2D eigenvalue weighted by Gasteiger charge is 2.40. The summed E-state index contributed by atoms with van der Waals surface area (Å²) in [5, 5.41) is 3.32. The second-order valence-electron chi connectivity index (χ2n) is 6.03. The lowest BCUT2D eigenvalue weighted by atomic mass is 10.2. The predicted molar refractivity (Wildman–Crippen MR) is 79.1 cm³/mol. The molecule has 1 aliphatic heterocycles. The van der Waals surface area contributed by atoms with Gasteiger partial charge in [-0.15, -0.1) is 0 Å². The first-order valence-electron chi connectivity index (χ1n) is 7.50. The van der Waals surface area contributed by atoms with E-state index in [1.54, 1.807) is 13.0 Å². The third-order valence-corrected chi connectivity index (χ3v) is 6.12. The number of hydrogen-bond donors (Lipinski definition) is 1. The molecule has 1 heterocycles. The molecule has 116 valence electrons. The molecule has 1 saturated carbocycles. The van der Waals surface area contributed by atoms with Crippen LogP contribution in [-0.4, -0.2) is 37.9 Å². The maximum absolute atomic E-state index is 14.0. The Hall–Kier alpha value is -0.980. The van der Waals surface area contributed by atoms with Crippen LogP contribution in [0, 0.1) is 12.7 Å². The van der Waals surface area contributed by atoms with Gasteiger partial charge in [0, 0.05) is 18.6 Å². The smallest absolute Gasteiger partial charge is 0.246 e. The van der Waals surface area contributed by atoms with Crippen molar-refractivity contribution < 1.29 is 12.8 Å². The highest BCUT2D eigenvalue weighted by atomic mass is 32.2. The summed E-state index contributed by atoms with van der Waals surface area (Å²) in [5.41, 5.74) is 0.754. The Labute approximate surface area is 125 Å². The second kappa shape index (κ2) is 5.66. The van der Waals surface area contributed by atoms with Gasteiger partial charge in [-0.25, -0.2) is 12.8 Å². The van der Waals surface area contributed by atoms with Crippen molar-refractivity contribution in [3.05, 3.63) is 29.6 Å². The van der Waals surface area contributed by atoms with E-state index in [-0.39, 0.29) is 17.0 Å². The summed E-state index contributed by atoms with van der Waals surface area (Å²) in [7, 11) is -3.76. The molecule has 0 aromatic heterocycles. The molecule has 1 unspecified atom stereocenters. The lowest BCUT2D eigenvalue weighted by Gasteiger charge is -2.25. The lowest BCUT2D eigenvalue weighted by Crippen LogP contribution is -2.42. The van der Waals surface area contributed by atoms with E-state index < -0.39 is 15.8 Å². The van der Waals surface area contributed by atoms with Crippen LogP contribution in [0.15, 0.2) is 23.1 Å². The van der Waals surface area contributed by atoms with Gasteiger partial charge in [-0.3, -0.25) is 0 Å². The average molecular weight is 312 g/mol. The van der Waals surface area contributed by atoms with Gasteiger partial charge < -0.3 is 5.32 Å². The standard InChI is InChI=1S/C15H21FN2O2S/c1-11-4-7-14(16)15(9-11)21(19,20)18(13-5-6-13)10-12-3-2-8-17-12/h4,7,9,12-13,17H,2-3,5-6,8,10H2,1H3. The summed E-state index contributed by atoms with van der Waals surface area (Å²) in [6.45, 7) is 3.15. The monoisotopic (exact) mass is 312 g/mol. The van der Waals surface area contributed by atoms with Gasteiger partial charge in [0.25, 0.3) is 0 Å². The van der Waals surface area contributed by atoms with Crippen LogP contribution >= 0.6 is 0 Å². The summed E-state index contributed by atoms with van der Waals surface area (Å²) in [5.74, 6) is -0.661. The van der Waals surface area contributed by atoms with E-state index in [2.05, 4.69) is 5.32 Å². The van der Waals surface area contributed by atoms with Crippen LogP contribution < -0.4 is 5.32 Å². The van der Waals surface area contributed by atoms with Crippen LogP contribution in [-0.2, 0) is 10.0 Å². The quantitative estimate of drug-likeness (QED) is 0.905. The minimum absolute atomic E-state index is 0.0392. The molecule has 1 aliphatic carbocycles. The first kappa shape index (κ1) is 14.9. The van der Waals surface area contributed by atoms with Crippen molar-refractivity contribution in [2.24, 2.45) is 0 Å². The Kier molecular flexibility index (Phi) is 4.03. The molecule has 1 atom stereocenters. The van der Waals surface area contributed by atoms with Crippen LogP contribution in [0.4, 0.5) is 4.39 Å². The van der Waals surface area contributed by atoms with Crippen molar-refractivity contribution in [3.63, 3.8) is 0 Å². The number of benzene rings is 1. The van der Waals surface area contributed by atoms with Gasteiger partial charge in [0.05, 0.1) is 0 Å². The zero-order chi connectivity index (χ0) is 15.0. The van der Waals surface area contributed by atoms with Gasteiger partial charge in [0.15, 0.2) is 0 Å². The Bertz CT molecular complexity index is 623. The van der Waals surface area contributed by atoms with Gasteiger partial charge in [-0.2, -0.15) is 4.31 Å². The molecule has 6 heteroatoms. The molecule has 1 saturated heterocycles. The molecule has 2 fully saturated rings. The molecule has 21 heavy (non-hydrogen) atoms. The fourth-order valence-electron chi connectivity index (χ4n) is 2.87. The van der Waals surface area contributed by atoms with E-state index in [0.29, 0.717) is 6.54 Å². The maximum atomic E-state index is 14.0. The normalized spacial score (nSPS) is 22.9. The Balaban J connectivity index is 1.91. The van der Waals surface area contributed by atoms with E-state index in [1.165, 1.54) is 16.4 Å². The molecule has 1 aromatic carbocycles. The largest absolute Gasteiger partial charge is 0.313 e. The Morgan fingerprint density at radius 1 is 1.33 bits per heavy atom. The van der Waals surface area contributed by atoms with Crippen molar-refractivity contribution in [2.45, 2.75) is 49.6 Å². The first-order valence-corrected chi connectivity index (χ1v) is 8.94. The van der Waals surface area contributed by atoms with Crippen molar-refractivity contribution in [1.82, 2.24) is 9.62 Å². The zero-order valence-electron chi connectivity index (χ0n) is 12.2. The second-order valence-corrected chi connectivity index (χ2v) is 7.89. The fraction of sp³-hybridized carbons (Fsp3) is 0.600. The van der Waals surface area contributed by atoms with Gasteiger partial charge in [0.1, 0.15) is 10.7 Å². The Morgan fingerprint density at radius 3 is 2.71 bits per heavy atom. The molecule has 0 bridgehead atoms. The Morgan fingerprint density at radius 2 is 2.10 bits per heavy atom. The minimum atomic E-state index is -3.76. The lowest BCUT2D eigenvalue weighted by molar-refractivity contribution is 0.361. The third kappa shape index (κ3) is 3.12. The van der Waals surface area contributed by atoms with Crippen molar-refractivity contribution in [1.29, 1.82) is 0 Å². The van der Waals surface area contributed by atoms with E-state index in [9.17, 15) is 12.8 Å². The molecule has 0 radical (unpaired) electrons. The third-order valence-electron chi connectivity index (χ3n) is 4.19. The van der Waals surface area contributed by atoms with Crippen molar-refractivity contribution in [3.8, 4) is 0 Å². The molecule has 1 aromatic rings. The summed E-state index contributed by atoms with van der Waals surface area (Å²) < 4.78 is 41.2. The van der Waals surface area contributed by atoms with Gasteiger partial charge in [0.2, 0.25) is 10.0 Å². The van der Waals surface area contributed by atoms with Crippen molar-refractivity contribution in [2.75, 3.05) is 13.1 Å². The fourth-order valence-corrected chi connectivity index (χ4v) is 4.75. The summed E-state index contributed by atoms with van der Waals surface area (Å²) in [6, 6.07) is 4.49. The SMILES string of the molecule is Cc1ccc(F)c(S(=O)(=O)N(CC2CCCN2)C2CC2)c1. The van der Waals surface area contributed by atoms with Gasteiger partial charge in [-0.05, 0) is 56.8 Å². The maximum Gasteiger partial charge on any atom is 0.246 e. The number of aryl methyl sites for hydroxylation is 1. The highest BCUT2D eigenvalue weighted by molar-refractivity contribution is 7.89. The number of sulfonamides is 1. The first-order chi connectivity index (χ1) is 9.98. The molecule has 4 nitrogen and oxygen atoms in total. The van der Waals surface area contributed by atoms with E-state index in [0.717, 1.165) is 37.8 Å². The van der Waals surface area contributed by atoms with Gasteiger partial charge >= 0.3 is 0 Å². The molecule has 1 N–H and O–H groups in total. The summed E-state index contributed by atoms with van der Waals surface area (Å²) >= 11 is 0. The molecular formula is C15H21FN2O2S. The average Bonchev–Trinajstić information content (AvgIpc) is 3.14. The predicted octanol–water partition coefficient (Wildman–Crippen LogP) is 2.04. The molecule has 2 aliphatic rings. The summed E-state index contributed by atoms with van der Waals surface area (Å²) in [4.78, 5) is -0.188. The zero-order valence-corrected chi connectivity index (χ0v) is 13.0.